The maximum absolute atomic E-state index is 12.3. The zero-order valence-electron chi connectivity index (χ0n) is 13.7. The van der Waals surface area contributed by atoms with Gasteiger partial charge in [-0.1, -0.05) is 23.8 Å². The van der Waals surface area contributed by atoms with E-state index in [1.54, 1.807) is 12.1 Å². The van der Waals surface area contributed by atoms with Crippen molar-refractivity contribution in [1.82, 2.24) is 19.7 Å². The van der Waals surface area contributed by atoms with Crippen molar-refractivity contribution in [3.05, 3.63) is 69.7 Å². The van der Waals surface area contributed by atoms with Gasteiger partial charge < -0.3 is 0 Å². The highest BCUT2D eigenvalue weighted by Crippen LogP contribution is 2.19. The van der Waals surface area contributed by atoms with Crippen LogP contribution >= 0.6 is 23.6 Å². The Hall–Kier alpha value is -2.58. The number of hydrogen-bond acceptors (Lipinski definition) is 5. The third-order valence-electron chi connectivity index (χ3n) is 3.54. The molecule has 6 nitrogen and oxygen atoms in total. The van der Waals surface area contributed by atoms with Crippen molar-refractivity contribution in [1.29, 1.82) is 0 Å². The van der Waals surface area contributed by atoms with Gasteiger partial charge in [0.05, 0.1) is 12.1 Å². The Balaban J connectivity index is 1.71. The molecule has 2 aromatic heterocycles. The molecule has 0 spiro atoms. The molecule has 25 heavy (non-hydrogen) atoms. The van der Waals surface area contributed by atoms with E-state index >= 15 is 0 Å². The van der Waals surface area contributed by atoms with Gasteiger partial charge >= 0.3 is 0 Å². The number of aromatic nitrogens is 4. The second-order valence-electron chi connectivity index (χ2n) is 5.49. The highest BCUT2D eigenvalue weighted by molar-refractivity contribution is 7.71. The van der Waals surface area contributed by atoms with E-state index in [4.69, 9.17) is 12.2 Å². The van der Waals surface area contributed by atoms with E-state index in [2.05, 4.69) is 27.1 Å². The number of allylic oxidation sites excluding steroid dienone is 1. The highest BCUT2D eigenvalue weighted by Gasteiger charge is 2.12. The van der Waals surface area contributed by atoms with Crippen molar-refractivity contribution in [2.24, 2.45) is 0 Å². The van der Waals surface area contributed by atoms with Crippen molar-refractivity contribution in [2.75, 3.05) is 5.32 Å². The molecule has 128 valence electrons. The first-order chi connectivity index (χ1) is 12.1. The van der Waals surface area contributed by atoms with Gasteiger partial charge in [0.1, 0.15) is 5.82 Å². The van der Waals surface area contributed by atoms with Gasteiger partial charge in [0.2, 0.25) is 0 Å². The molecule has 0 aliphatic carbocycles. The maximum atomic E-state index is 12.3. The molecule has 0 atom stereocenters. The summed E-state index contributed by atoms with van der Waals surface area (Å²) in [7, 11) is 0. The van der Waals surface area contributed by atoms with Crippen LogP contribution in [0.1, 0.15) is 27.4 Å². The van der Waals surface area contributed by atoms with E-state index in [9.17, 15) is 4.79 Å². The van der Waals surface area contributed by atoms with Crippen LogP contribution in [-0.2, 0) is 13.0 Å². The number of rotatable bonds is 6. The second-order valence-corrected chi connectivity index (χ2v) is 6.73. The Labute approximate surface area is 154 Å². The first-order valence-corrected chi connectivity index (χ1v) is 8.93. The molecule has 0 radical (unpaired) electrons. The van der Waals surface area contributed by atoms with E-state index in [1.165, 1.54) is 11.3 Å². The summed E-state index contributed by atoms with van der Waals surface area (Å²) in [5.74, 6) is 0.616. The average Bonchev–Trinajstić information content (AvgIpc) is 3.16. The van der Waals surface area contributed by atoms with E-state index in [1.807, 2.05) is 35.1 Å². The monoisotopic (exact) mass is 371 g/mol. The molecule has 2 heterocycles. The molecule has 0 unspecified atom stereocenters. The van der Waals surface area contributed by atoms with Crippen molar-refractivity contribution in [3.8, 4) is 0 Å². The standard InChI is InChI=1S/C17H17N5OS2/c1-3-7-22-14(20-21-17(22)24)9-13-10-25-16(18-13)19-15(23)12-6-4-5-11(2)8-12/h3-6,8,10H,1,7,9H2,2H3,(H,21,24)(H,18,19,23). The zero-order chi connectivity index (χ0) is 17.8. The quantitative estimate of drug-likeness (QED) is 0.511. The Kier molecular flexibility index (Phi) is 5.20. The Morgan fingerprint density at radius 2 is 2.36 bits per heavy atom. The molecule has 0 aliphatic rings. The van der Waals surface area contributed by atoms with Gasteiger partial charge in [0.25, 0.3) is 5.91 Å². The second kappa shape index (κ2) is 7.54. The summed E-state index contributed by atoms with van der Waals surface area (Å²) in [6.07, 6.45) is 2.29. The number of H-pyrrole nitrogens is 1. The number of nitrogens with one attached hydrogen (secondary N) is 2. The van der Waals surface area contributed by atoms with Gasteiger partial charge in [0, 0.05) is 17.5 Å². The highest BCUT2D eigenvalue weighted by atomic mass is 32.1. The molecule has 3 rings (SSSR count). The number of amides is 1. The number of benzene rings is 1. The van der Waals surface area contributed by atoms with Crippen LogP contribution in [0.2, 0.25) is 0 Å². The Bertz CT molecular complexity index is 969. The summed E-state index contributed by atoms with van der Waals surface area (Å²) in [6.45, 7) is 6.27. The van der Waals surface area contributed by atoms with Gasteiger partial charge in [0.15, 0.2) is 9.90 Å². The molecular weight excluding hydrogens is 354 g/mol. The molecule has 8 heteroatoms. The zero-order valence-corrected chi connectivity index (χ0v) is 15.3. The van der Waals surface area contributed by atoms with Crippen LogP contribution in [0.5, 0.6) is 0 Å². The molecule has 1 amide bonds. The van der Waals surface area contributed by atoms with Crippen molar-refractivity contribution >= 4 is 34.6 Å². The summed E-state index contributed by atoms with van der Waals surface area (Å²) in [5.41, 5.74) is 2.48. The lowest BCUT2D eigenvalue weighted by Gasteiger charge is -2.03. The lowest BCUT2D eigenvalue weighted by atomic mass is 10.1. The summed E-state index contributed by atoms with van der Waals surface area (Å²) in [6, 6.07) is 7.44. The number of aromatic amines is 1. The lowest BCUT2D eigenvalue weighted by molar-refractivity contribution is 0.102. The topological polar surface area (TPSA) is 75.6 Å². The number of aryl methyl sites for hydroxylation is 1. The lowest BCUT2D eigenvalue weighted by Crippen LogP contribution is -2.12. The van der Waals surface area contributed by atoms with E-state index in [0.717, 1.165) is 17.1 Å². The van der Waals surface area contributed by atoms with Crippen molar-refractivity contribution < 1.29 is 4.79 Å². The molecule has 0 saturated heterocycles. The van der Waals surface area contributed by atoms with E-state index in [-0.39, 0.29) is 5.91 Å². The molecule has 0 fully saturated rings. The normalized spacial score (nSPS) is 10.6. The van der Waals surface area contributed by atoms with Crippen LogP contribution in [0.15, 0.2) is 42.3 Å². The summed E-state index contributed by atoms with van der Waals surface area (Å²) in [4.78, 5) is 16.7. The van der Waals surface area contributed by atoms with Crippen LogP contribution in [-0.4, -0.2) is 25.7 Å². The Morgan fingerprint density at radius 3 is 3.12 bits per heavy atom. The van der Waals surface area contributed by atoms with Gasteiger partial charge in [-0.15, -0.1) is 17.9 Å². The van der Waals surface area contributed by atoms with Gasteiger partial charge in [-0.05, 0) is 31.3 Å². The molecule has 0 aliphatic heterocycles. The minimum atomic E-state index is -0.168. The molecule has 2 N–H and O–H groups in total. The maximum Gasteiger partial charge on any atom is 0.257 e. The van der Waals surface area contributed by atoms with Crippen LogP contribution in [0, 0.1) is 11.7 Å². The van der Waals surface area contributed by atoms with E-state index in [0.29, 0.717) is 28.4 Å². The first kappa shape index (κ1) is 17.2. The summed E-state index contributed by atoms with van der Waals surface area (Å²) < 4.78 is 2.42. The minimum absolute atomic E-state index is 0.168. The molecule has 0 bridgehead atoms. The number of carbonyl (C=O) groups is 1. The van der Waals surface area contributed by atoms with Crippen LogP contribution < -0.4 is 5.32 Å². The van der Waals surface area contributed by atoms with Crippen molar-refractivity contribution in [3.63, 3.8) is 0 Å². The predicted molar refractivity (Wildman–Crippen MR) is 102 cm³/mol. The van der Waals surface area contributed by atoms with Crippen LogP contribution in [0.4, 0.5) is 5.13 Å². The number of thiazole rings is 1. The number of anilines is 1. The molecule has 1 aromatic carbocycles. The fraction of sp³-hybridized carbons (Fsp3) is 0.176. The third kappa shape index (κ3) is 4.09. The predicted octanol–water partition coefficient (Wildman–Crippen LogP) is 3.73. The van der Waals surface area contributed by atoms with Crippen molar-refractivity contribution in [2.45, 2.75) is 19.9 Å². The van der Waals surface area contributed by atoms with Gasteiger partial charge in [-0.3, -0.25) is 19.8 Å². The fourth-order valence-corrected chi connectivity index (χ4v) is 3.30. The summed E-state index contributed by atoms with van der Waals surface area (Å²) >= 11 is 6.59. The summed E-state index contributed by atoms with van der Waals surface area (Å²) in [5, 5.41) is 12.3. The van der Waals surface area contributed by atoms with Gasteiger partial charge in [-0.2, -0.15) is 5.10 Å². The van der Waals surface area contributed by atoms with Crippen LogP contribution in [0.25, 0.3) is 0 Å². The fourth-order valence-electron chi connectivity index (χ4n) is 2.37. The SMILES string of the molecule is C=CCn1c(Cc2csc(NC(=O)c3cccc(C)c3)n2)n[nH]c1=S. The Morgan fingerprint density at radius 1 is 1.52 bits per heavy atom. The number of carbonyl (C=O) groups excluding carboxylic acids is 1. The number of hydrogen-bond donors (Lipinski definition) is 2. The van der Waals surface area contributed by atoms with Gasteiger partial charge in [-0.25, -0.2) is 4.98 Å². The average molecular weight is 371 g/mol. The largest absolute Gasteiger partial charge is 0.300 e. The molecule has 0 saturated carbocycles. The number of nitrogens with zero attached hydrogens (tertiary/aromatic N) is 3. The minimum Gasteiger partial charge on any atom is -0.300 e. The van der Waals surface area contributed by atoms with Crippen LogP contribution in [0.3, 0.4) is 0 Å². The molecular formula is C17H17N5OS2. The third-order valence-corrected chi connectivity index (χ3v) is 4.66. The van der Waals surface area contributed by atoms with E-state index < -0.39 is 0 Å². The smallest absolute Gasteiger partial charge is 0.257 e. The first-order valence-electron chi connectivity index (χ1n) is 7.64. The molecule has 3 aromatic rings.